The standard InChI is InChI=1S/C19H23N3O2/c23-19(20-15-9-5-2-6-10-15)17-11-16-13-24-18(12-22(16)21-17)14-7-3-1-4-8-14/h1,3-4,7-8,11,15,18H,2,5-6,9-10,12-13H2,(H,20,23). The lowest BCUT2D eigenvalue weighted by Crippen LogP contribution is -2.36. The third-order valence-electron chi connectivity index (χ3n) is 4.98. The van der Waals surface area contributed by atoms with Crippen molar-refractivity contribution >= 4 is 5.91 Å². The van der Waals surface area contributed by atoms with E-state index in [2.05, 4.69) is 22.5 Å². The maximum absolute atomic E-state index is 12.5. The molecule has 24 heavy (non-hydrogen) atoms. The zero-order valence-electron chi connectivity index (χ0n) is 13.8. The number of nitrogens with one attached hydrogen (secondary N) is 1. The molecule has 1 fully saturated rings. The maximum atomic E-state index is 12.5. The predicted octanol–water partition coefficient (Wildman–Crippen LogP) is 3.22. The van der Waals surface area contributed by atoms with Crippen LogP contribution in [0.5, 0.6) is 0 Å². The molecule has 5 nitrogen and oxygen atoms in total. The molecule has 1 N–H and O–H groups in total. The van der Waals surface area contributed by atoms with Gasteiger partial charge in [-0.1, -0.05) is 49.6 Å². The van der Waals surface area contributed by atoms with Crippen molar-refractivity contribution in [2.24, 2.45) is 0 Å². The summed E-state index contributed by atoms with van der Waals surface area (Å²) in [6.45, 7) is 1.14. The first-order valence-electron chi connectivity index (χ1n) is 8.84. The number of amides is 1. The second-order valence-corrected chi connectivity index (χ2v) is 6.72. The molecule has 1 saturated carbocycles. The highest BCUT2D eigenvalue weighted by Gasteiger charge is 2.25. The van der Waals surface area contributed by atoms with Gasteiger partial charge in [-0.25, -0.2) is 0 Å². The second kappa shape index (κ2) is 6.77. The first-order valence-corrected chi connectivity index (χ1v) is 8.84. The topological polar surface area (TPSA) is 56.2 Å². The minimum atomic E-state index is -0.0555. The lowest BCUT2D eigenvalue weighted by molar-refractivity contribution is -0.00119. The highest BCUT2D eigenvalue weighted by Crippen LogP contribution is 2.26. The largest absolute Gasteiger partial charge is 0.365 e. The summed E-state index contributed by atoms with van der Waals surface area (Å²) in [5.74, 6) is -0.0555. The summed E-state index contributed by atoms with van der Waals surface area (Å²) in [6.07, 6.45) is 5.85. The molecule has 1 aliphatic heterocycles. The van der Waals surface area contributed by atoms with Crippen molar-refractivity contribution in [3.8, 4) is 0 Å². The van der Waals surface area contributed by atoms with E-state index < -0.39 is 0 Å². The van der Waals surface area contributed by atoms with E-state index in [0.717, 1.165) is 24.1 Å². The highest BCUT2D eigenvalue weighted by atomic mass is 16.5. The van der Waals surface area contributed by atoms with Gasteiger partial charge in [0.2, 0.25) is 0 Å². The number of aromatic nitrogens is 2. The van der Waals surface area contributed by atoms with Crippen LogP contribution < -0.4 is 5.32 Å². The maximum Gasteiger partial charge on any atom is 0.272 e. The van der Waals surface area contributed by atoms with Crippen molar-refractivity contribution in [1.29, 1.82) is 0 Å². The molecule has 1 aromatic carbocycles. The van der Waals surface area contributed by atoms with Crippen molar-refractivity contribution in [3.63, 3.8) is 0 Å². The van der Waals surface area contributed by atoms with Gasteiger partial charge in [-0.05, 0) is 24.5 Å². The predicted molar refractivity (Wildman–Crippen MR) is 90.5 cm³/mol. The Labute approximate surface area is 142 Å². The Hall–Kier alpha value is -2.14. The summed E-state index contributed by atoms with van der Waals surface area (Å²) < 4.78 is 7.85. The van der Waals surface area contributed by atoms with Crippen LogP contribution in [0.15, 0.2) is 36.4 Å². The fourth-order valence-electron chi connectivity index (χ4n) is 3.61. The molecule has 1 amide bonds. The molecule has 1 unspecified atom stereocenters. The van der Waals surface area contributed by atoms with Gasteiger partial charge in [0.25, 0.3) is 5.91 Å². The average Bonchev–Trinajstić information content (AvgIpc) is 3.07. The van der Waals surface area contributed by atoms with Crippen LogP contribution in [-0.4, -0.2) is 21.7 Å². The number of hydrogen-bond acceptors (Lipinski definition) is 3. The number of benzene rings is 1. The Morgan fingerprint density at radius 3 is 2.75 bits per heavy atom. The van der Waals surface area contributed by atoms with Gasteiger partial charge < -0.3 is 10.1 Å². The third kappa shape index (κ3) is 3.22. The van der Waals surface area contributed by atoms with E-state index in [9.17, 15) is 4.79 Å². The van der Waals surface area contributed by atoms with Crippen molar-refractivity contribution in [2.75, 3.05) is 0 Å². The number of fused-ring (bicyclic) bond motifs is 1. The van der Waals surface area contributed by atoms with Crippen LogP contribution in [-0.2, 0) is 17.9 Å². The Morgan fingerprint density at radius 2 is 1.96 bits per heavy atom. The zero-order chi connectivity index (χ0) is 16.4. The van der Waals surface area contributed by atoms with Crippen LogP contribution in [0.3, 0.4) is 0 Å². The number of nitrogens with zero attached hydrogens (tertiary/aromatic N) is 2. The van der Waals surface area contributed by atoms with Crippen LogP contribution in [0.4, 0.5) is 0 Å². The number of carbonyl (C=O) groups is 1. The second-order valence-electron chi connectivity index (χ2n) is 6.72. The Morgan fingerprint density at radius 1 is 1.17 bits per heavy atom. The van der Waals surface area contributed by atoms with E-state index >= 15 is 0 Å². The van der Waals surface area contributed by atoms with Gasteiger partial charge in [0.05, 0.1) is 18.8 Å². The lowest BCUT2D eigenvalue weighted by atomic mass is 9.95. The minimum Gasteiger partial charge on any atom is -0.365 e. The van der Waals surface area contributed by atoms with Crippen LogP contribution in [0.1, 0.15) is 60.0 Å². The fourth-order valence-corrected chi connectivity index (χ4v) is 3.61. The van der Waals surface area contributed by atoms with E-state index in [1.165, 1.54) is 19.3 Å². The van der Waals surface area contributed by atoms with Crippen LogP contribution in [0, 0.1) is 0 Å². The van der Waals surface area contributed by atoms with Gasteiger partial charge in [0.1, 0.15) is 6.10 Å². The summed E-state index contributed by atoms with van der Waals surface area (Å²) >= 11 is 0. The highest BCUT2D eigenvalue weighted by molar-refractivity contribution is 5.92. The van der Waals surface area contributed by atoms with E-state index in [-0.39, 0.29) is 12.0 Å². The van der Waals surface area contributed by atoms with Gasteiger partial charge in [0.15, 0.2) is 5.69 Å². The van der Waals surface area contributed by atoms with E-state index in [1.54, 1.807) is 0 Å². The monoisotopic (exact) mass is 325 g/mol. The fraction of sp³-hybridized carbons (Fsp3) is 0.474. The zero-order valence-corrected chi connectivity index (χ0v) is 13.8. The number of hydrogen-bond donors (Lipinski definition) is 1. The molecule has 0 saturated heterocycles. The van der Waals surface area contributed by atoms with E-state index in [1.807, 2.05) is 28.9 Å². The molecule has 1 atom stereocenters. The SMILES string of the molecule is O=C(NC1CCCCC1)c1cc2n(n1)CC(c1ccccc1)OC2. The average molecular weight is 325 g/mol. The first-order chi connectivity index (χ1) is 11.8. The molecular formula is C19H23N3O2. The first kappa shape index (κ1) is 15.4. The summed E-state index contributed by atoms with van der Waals surface area (Å²) in [4.78, 5) is 12.5. The van der Waals surface area contributed by atoms with Crippen LogP contribution in [0.25, 0.3) is 0 Å². The number of carbonyl (C=O) groups excluding carboxylic acids is 1. The number of ether oxygens (including phenoxy) is 1. The molecule has 0 spiro atoms. The summed E-state index contributed by atoms with van der Waals surface area (Å²) in [5, 5.41) is 7.65. The lowest BCUT2D eigenvalue weighted by Gasteiger charge is -2.24. The Bertz CT molecular complexity index is 705. The van der Waals surface area contributed by atoms with Crippen molar-refractivity contribution < 1.29 is 9.53 Å². The summed E-state index contributed by atoms with van der Waals surface area (Å²) in [6, 6.07) is 12.3. The molecule has 4 rings (SSSR count). The number of rotatable bonds is 3. The summed E-state index contributed by atoms with van der Waals surface area (Å²) in [7, 11) is 0. The van der Waals surface area contributed by atoms with Gasteiger partial charge in [-0.15, -0.1) is 0 Å². The molecule has 0 radical (unpaired) electrons. The normalized spacial score (nSPS) is 21.2. The molecule has 1 aromatic heterocycles. The van der Waals surface area contributed by atoms with Gasteiger partial charge in [0, 0.05) is 6.04 Å². The van der Waals surface area contributed by atoms with Crippen molar-refractivity contribution in [2.45, 2.75) is 57.4 Å². The van der Waals surface area contributed by atoms with Crippen molar-refractivity contribution in [3.05, 3.63) is 53.3 Å². The van der Waals surface area contributed by atoms with Crippen molar-refractivity contribution in [1.82, 2.24) is 15.1 Å². The quantitative estimate of drug-likeness (QED) is 0.943. The van der Waals surface area contributed by atoms with Gasteiger partial charge in [-0.2, -0.15) is 5.10 Å². The summed E-state index contributed by atoms with van der Waals surface area (Å²) in [5.41, 5.74) is 2.62. The molecular weight excluding hydrogens is 302 g/mol. The third-order valence-corrected chi connectivity index (χ3v) is 4.98. The molecule has 2 aromatic rings. The van der Waals surface area contributed by atoms with Crippen LogP contribution >= 0.6 is 0 Å². The van der Waals surface area contributed by atoms with Gasteiger partial charge >= 0.3 is 0 Å². The van der Waals surface area contributed by atoms with E-state index in [4.69, 9.17) is 4.74 Å². The molecule has 5 heteroatoms. The molecule has 1 aliphatic carbocycles. The van der Waals surface area contributed by atoms with E-state index in [0.29, 0.717) is 24.9 Å². The molecule has 2 heterocycles. The Balaban J connectivity index is 1.45. The smallest absolute Gasteiger partial charge is 0.272 e. The minimum absolute atomic E-state index is 0.00662. The van der Waals surface area contributed by atoms with Gasteiger partial charge in [-0.3, -0.25) is 9.48 Å². The molecule has 2 aliphatic rings. The van der Waals surface area contributed by atoms with Crippen LogP contribution in [0.2, 0.25) is 0 Å². The molecule has 126 valence electrons. The molecule has 0 bridgehead atoms. The Kier molecular flexibility index (Phi) is 4.34.